The van der Waals surface area contributed by atoms with E-state index in [0.29, 0.717) is 13.0 Å². The third-order valence-corrected chi connectivity index (χ3v) is 6.41. The summed E-state index contributed by atoms with van der Waals surface area (Å²) < 4.78 is 44.7. The molecule has 6 nitrogen and oxygen atoms in total. The van der Waals surface area contributed by atoms with Crippen molar-refractivity contribution in [1.29, 1.82) is 0 Å². The maximum Gasteiger partial charge on any atom is 0.245 e. The smallest absolute Gasteiger partial charge is 0.245 e. The monoisotopic (exact) mass is 353 g/mol. The van der Waals surface area contributed by atoms with E-state index in [9.17, 15) is 8.42 Å². The van der Waals surface area contributed by atoms with Crippen molar-refractivity contribution in [2.75, 3.05) is 13.3 Å². The quantitative estimate of drug-likeness (QED) is 0.759. The first-order valence-corrected chi connectivity index (χ1v) is 9.41. The fourth-order valence-electron chi connectivity index (χ4n) is 3.50. The van der Waals surface area contributed by atoms with Crippen LogP contribution in [0.5, 0.6) is 0 Å². The van der Waals surface area contributed by atoms with E-state index in [0.717, 1.165) is 0 Å². The van der Waals surface area contributed by atoms with Crippen LogP contribution < -0.4 is 0 Å². The van der Waals surface area contributed by atoms with Crippen LogP contribution in [0.3, 0.4) is 0 Å². The summed E-state index contributed by atoms with van der Waals surface area (Å²) in [6.45, 7) is 7.79. The van der Waals surface area contributed by atoms with Gasteiger partial charge in [0.2, 0.25) is 10.0 Å². The van der Waals surface area contributed by atoms with Crippen LogP contribution >= 0.6 is 0 Å². The van der Waals surface area contributed by atoms with E-state index in [1.54, 1.807) is 36.4 Å². The molecule has 0 spiro atoms. The highest BCUT2D eigenvalue weighted by atomic mass is 32.2. The first-order chi connectivity index (χ1) is 11.4. The van der Waals surface area contributed by atoms with Crippen LogP contribution in [-0.2, 0) is 24.2 Å². The molecule has 0 aromatic heterocycles. The number of nitrogens with zero attached hydrogens (tertiary/aromatic N) is 1. The van der Waals surface area contributed by atoms with E-state index in [1.165, 1.54) is 4.31 Å². The second-order valence-electron chi connectivity index (χ2n) is 6.33. The lowest BCUT2D eigenvalue weighted by atomic mass is 9.87. The maximum atomic E-state index is 13.0. The second-order valence-corrected chi connectivity index (χ2v) is 8.22. The lowest BCUT2D eigenvalue weighted by Crippen LogP contribution is -2.58. The number of hydrogen-bond acceptors (Lipinski definition) is 5. The van der Waals surface area contributed by atoms with Crippen molar-refractivity contribution in [2.45, 2.75) is 49.2 Å². The molecule has 24 heavy (non-hydrogen) atoms. The molecule has 0 aliphatic carbocycles. The molecule has 0 saturated carbocycles. The minimum absolute atomic E-state index is 0.0142. The molecule has 0 amide bonds. The lowest BCUT2D eigenvalue weighted by molar-refractivity contribution is -0.232. The molecule has 0 bridgehead atoms. The normalized spacial score (nSPS) is 34.0. The first kappa shape index (κ1) is 17.6. The van der Waals surface area contributed by atoms with Crippen molar-refractivity contribution >= 4 is 10.0 Å². The highest BCUT2D eigenvalue weighted by Gasteiger charge is 2.57. The van der Waals surface area contributed by atoms with Crippen molar-refractivity contribution < 1.29 is 22.6 Å². The Morgan fingerprint density at radius 2 is 2.12 bits per heavy atom. The van der Waals surface area contributed by atoms with Crippen LogP contribution in [-0.4, -0.2) is 50.1 Å². The van der Waals surface area contributed by atoms with Crippen molar-refractivity contribution in [2.24, 2.45) is 0 Å². The second kappa shape index (κ2) is 6.57. The molecule has 4 atom stereocenters. The minimum atomic E-state index is -3.64. The molecule has 1 aromatic carbocycles. The molecule has 0 N–H and O–H groups in total. The van der Waals surface area contributed by atoms with Crippen LogP contribution in [0.15, 0.2) is 47.9 Å². The first-order valence-electron chi connectivity index (χ1n) is 7.97. The SMILES string of the molecule is C=CCO[C@H]1C[C@]2(C)OCN(S(=O)(=O)c3ccccc3)[C@@H]2[C@H](C)O1. The van der Waals surface area contributed by atoms with Crippen molar-refractivity contribution in [3.05, 3.63) is 43.0 Å². The van der Waals surface area contributed by atoms with Gasteiger partial charge < -0.3 is 14.2 Å². The third kappa shape index (κ3) is 3.02. The number of hydrogen-bond donors (Lipinski definition) is 0. The van der Waals surface area contributed by atoms with Crippen molar-refractivity contribution in [3.63, 3.8) is 0 Å². The fraction of sp³-hybridized carbons (Fsp3) is 0.529. The molecule has 1 aromatic rings. The Morgan fingerprint density at radius 1 is 1.42 bits per heavy atom. The number of rotatable bonds is 5. The van der Waals surface area contributed by atoms with Gasteiger partial charge in [0, 0.05) is 6.42 Å². The number of fused-ring (bicyclic) bond motifs is 1. The summed E-state index contributed by atoms with van der Waals surface area (Å²) >= 11 is 0. The lowest BCUT2D eigenvalue weighted by Gasteiger charge is -2.43. The van der Waals surface area contributed by atoms with E-state index in [-0.39, 0.29) is 17.7 Å². The van der Waals surface area contributed by atoms with Crippen LogP contribution in [0, 0.1) is 0 Å². The van der Waals surface area contributed by atoms with Gasteiger partial charge in [-0.05, 0) is 26.0 Å². The van der Waals surface area contributed by atoms with Gasteiger partial charge in [0.25, 0.3) is 0 Å². The zero-order valence-electron chi connectivity index (χ0n) is 13.9. The van der Waals surface area contributed by atoms with E-state index >= 15 is 0 Å². The molecule has 2 fully saturated rings. The highest BCUT2D eigenvalue weighted by Crippen LogP contribution is 2.42. The average molecular weight is 353 g/mol. The van der Waals surface area contributed by atoms with Gasteiger partial charge >= 0.3 is 0 Å². The average Bonchev–Trinajstić information content (AvgIpc) is 2.92. The molecule has 2 heterocycles. The molecule has 0 unspecified atom stereocenters. The Kier molecular flexibility index (Phi) is 4.81. The van der Waals surface area contributed by atoms with Gasteiger partial charge in [-0.15, -0.1) is 6.58 Å². The summed E-state index contributed by atoms with van der Waals surface area (Å²) in [7, 11) is -3.64. The summed E-state index contributed by atoms with van der Waals surface area (Å²) in [4.78, 5) is 0.259. The summed E-state index contributed by atoms with van der Waals surface area (Å²) in [5.41, 5.74) is -0.647. The third-order valence-electron chi connectivity index (χ3n) is 4.59. The van der Waals surface area contributed by atoms with E-state index in [4.69, 9.17) is 14.2 Å². The van der Waals surface area contributed by atoms with Gasteiger partial charge in [0.1, 0.15) is 6.73 Å². The molecule has 3 rings (SSSR count). The zero-order chi connectivity index (χ0) is 17.4. The van der Waals surface area contributed by atoms with E-state index in [2.05, 4.69) is 6.58 Å². The van der Waals surface area contributed by atoms with Crippen molar-refractivity contribution in [1.82, 2.24) is 4.31 Å². The Morgan fingerprint density at radius 3 is 2.79 bits per heavy atom. The molecule has 7 heteroatoms. The van der Waals surface area contributed by atoms with E-state index < -0.39 is 28.0 Å². The summed E-state index contributed by atoms with van der Waals surface area (Å²) in [6, 6.07) is 8.00. The number of benzene rings is 1. The van der Waals surface area contributed by atoms with E-state index in [1.807, 2.05) is 13.8 Å². The molecule has 2 aliphatic rings. The molecule has 2 saturated heterocycles. The minimum Gasteiger partial charge on any atom is -0.357 e. The molecule has 132 valence electrons. The summed E-state index contributed by atoms with van der Waals surface area (Å²) in [5, 5.41) is 0. The molecular weight excluding hydrogens is 330 g/mol. The Hall–Kier alpha value is -1.25. The van der Waals surface area contributed by atoms with Gasteiger partial charge in [0.05, 0.1) is 29.2 Å². The van der Waals surface area contributed by atoms with Gasteiger partial charge in [-0.25, -0.2) is 8.42 Å². The van der Waals surface area contributed by atoms with Crippen LogP contribution in [0.4, 0.5) is 0 Å². The Bertz CT molecular complexity index is 692. The molecule has 2 aliphatic heterocycles. The largest absolute Gasteiger partial charge is 0.357 e. The summed E-state index contributed by atoms with van der Waals surface area (Å²) in [5.74, 6) is 0. The topological polar surface area (TPSA) is 65.1 Å². The van der Waals surface area contributed by atoms with Gasteiger partial charge in [-0.2, -0.15) is 4.31 Å². The Balaban J connectivity index is 1.86. The van der Waals surface area contributed by atoms with Crippen molar-refractivity contribution in [3.8, 4) is 0 Å². The highest BCUT2D eigenvalue weighted by molar-refractivity contribution is 7.89. The molecule has 0 radical (unpaired) electrons. The predicted octanol–water partition coefficient (Wildman–Crippen LogP) is 2.13. The summed E-state index contributed by atoms with van der Waals surface area (Å²) in [6.07, 6.45) is 1.35. The van der Waals surface area contributed by atoms with Gasteiger partial charge in [-0.3, -0.25) is 0 Å². The van der Waals surface area contributed by atoms with Crippen LogP contribution in [0.25, 0.3) is 0 Å². The maximum absolute atomic E-state index is 13.0. The molecular formula is C17H23NO5S. The predicted molar refractivity (Wildman–Crippen MR) is 88.7 cm³/mol. The van der Waals surface area contributed by atoms with Crippen LogP contribution in [0.2, 0.25) is 0 Å². The standard InChI is InChI=1S/C17H23NO5S/c1-4-10-21-15-11-17(3)16(13(2)23-15)18(12-22-17)24(19,20)14-8-6-5-7-9-14/h4-9,13,15-16H,1,10-12H2,2-3H3/t13-,15+,16+,17-/m0/s1. The van der Waals surface area contributed by atoms with Gasteiger partial charge in [0.15, 0.2) is 6.29 Å². The zero-order valence-corrected chi connectivity index (χ0v) is 14.7. The number of sulfonamides is 1. The number of ether oxygens (including phenoxy) is 3. The van der Waals surface area contributed by atoms with Gasteiger partial charge in [-0.1, -0.05) is 24.3 Å². The Labute approximate surface area is 143 Å². The fourth-order valence-corrected chi connectivity index (χ4v) is 5.16. The van der Waals surface area contributed by atoms with Crippen LogP contribution in [0.1, 0.15) is 20.3 Å².